The molecule has 2 atom stereocenters. The molecule has 2 unspecified atom stereocenters. The number of halogens is 2. The average Bonchev–Trinajstić information content (AvgIpc) is 2.91. The highest BCUT2D eigenvalue weighted by molar-refractivity contribution is 9.11. The molecule has 19 heavy (non-hydrogen) atoms. The summed E-state index contributed by atoms with van der Waals surface area (Å²) in [4.78, 5) is 0. The van der Waals surface area contributed by atoms with E-state index in [1.54, 1.807) is 0 Å². The minimum atomic E-state index is 0.390. The van der Waals surface area contributed by atoms with Crippen LogP contribution in [-0.4, -0.2) is 19.3 Å². The lowest BCUT2D eigenvalue weighted by Gasteiger charge is -2.21. The zero-order valence-electron chi connectivity index (χ0n) is 11.3. The summed E-state index contributed by atoms with van der Waals surface area (Å²) in [5, 5.41) is 3.58. The third-order valence-corrected chi connectivity index (χ3v) is 4.80. The summed E-state index contributed by atoms with van der Waals surface area (Å²) in [6.07, 6.45) is 5.16. The number of hydrogen-bond donors (Lipinski definition) is 1. The normalized spacial score (nSPS) is 20.7. The smallest absolute Gasteiger partial charge is 0.0576 e. The lowest BCUT2D eigenvalue weighted by molar-refractivity contribution is 0.0996. The summed E-state index contributed by atoms with van der Waals surface area (Å²) >= 11 is 7.22. The van der Waals surface area contributed by atoms with Gasteiger partial charge in [-0.3, -0.25) is 0 Å². The van der Waals surface area contributed by atoms with Crippen molar-refractivity contribution in [3.8, 4) is 0 Å². The van der Waals surface area contributed by atoms with Crippen LogP contribution >= 0.6 is 31.9 Å². The third-order valence-electron chi connectivity index (χ3n) is 3.59. The molecule has 1 aliphatic heterocycles. The van der Waals surface area contributed by atoms with Gasteiger partial charge in [0, 0.05) is 21.6 Å². The first-order valence-corrected chi connectivity index (χ1v) is 8.59. The van der Waals surface area contributed by atoms with E-state index in [4.69, 9.17) is 4.74 Å². The van der Waals surface area contributed by atoms with Crippen LogP contribution in [0.4, 0.5) is 0 Å². The van der Waals surface area contributed by atoms with Crippen LogP contribution in [0.25, 0.3) is 0 Å². The zero-order chi connectivity index (χ0) is 13.7. The van der Waals surface area contributed by atoms with E-state index in [2.05, 4.69) is 62.3 Å². The molecular weight excluding hydrogens is 370 g/mol. The fourth-order valence-corrected chi connectivity index (χ4v) is 3.52. The third kappa shape index (κ3) is 4.55. The van der Waals surface area contributed by atoms with Gasteiger partial charge >= 0.3 is 0 Å². The van der Waals surface area contributed by atoms with E-state index in [-0.39, 0.29) is 0 Å². The van der Waals surface area contributed by atoms with Crippen LogP contribution in [-0.2, 0) is 4.74 Å². The van der Waals surface area contributed by atoms with Crippen LogP contribution in [0.1, 0.15) is 44.2 Å². The molecule has 1 aromatic carbocycles. The summed E-state index contributed by atoms with van der Waals surface area (Å²) in [6, 6.07) is 6.76. The lowest BCUT2D eigenvalue weighted by atomic mass is 9.99. The quantitative estimate of drug-likeness (QED) is 0.751. The highest BCUT2D eigenvalue weighted by Crippen LogP contribution is 2.31. The molecule has 1 aliphatic rings. The maximum absolute atomic E-state index is 5.72. The summed E-state index contributed by atoms with van der Waals surface area (Å²) in [7, 11) is 0. The standard InChI is InChI=1S/C15H21Br2NO/c1-2-18-15(8-6-12-4-3-9-19-12)13-10-11(16)5-7-14(13)17/h5,7,10,12,15,18H,2-4,6,8-9H2,1H3. The van der Waals surface area contributed by atoms with Crippen LogP contribution in [0.2, 0.25) is 0 Å². The van der Waals surface area contributed by atoms with Gasteiger partial charge in [0.2, 0.25) is 0 Å². The average molecular weight is 391 g/mol. The highest BCUT2D eigenvalue weighted by atomic mass is 79.9. The molecule has 4 heteroatoms. The molecule has 0 saturated carbocycles. The van der Waals surface area contributed by atoms with Crippen molar-refractivity contribution in [2.75, 3.05) is 13.2 Å². The van der Waals surface area contributed by atoms with Crippen LogP contribution in [0.15, 0.2) is 27.1 Å². The molecule has 1 heterocycles. The molecule has 106 valence electrons. The summed E-state index contributed by atoms with van der Waals surface area (Å²) in [5.41, 5.74) is 1.33. The number of ether oxygens (including phenoxy) is 1. The lowest BCUT2D eigenvalue weighted by Crippen LogP contribution is -2.22. The fraction of sp³-hybridized carbons (Fsp3) is 0.600. The number of rotatable bonds is 6. The maximum atomic E-state index is 5.72. The van der Waals surface area contributed by atoms with Crippen molar-refractivity contribution in [2.24, 2.45) is 0 Å². The molecule has 0 amide bonds. The maximum Gasteiger partial charge on any atom is 0.0576 e. The Morgan fingerprint density at radius 2 is 2.26 bits per heavy atom. The Morgan fingerprint density at radius 1 is 1.42 bits per heavy atom. The minimum Gasteiger partial charge on any atom is -0.378 e. The second-order valence-electron chi connectivity index (χ2n) is 4.99. The van der Waals surface area contributed by atoms with Gasteiger partial charge in [0.15, 0.2) is 0 Å². The number of hydrogen-bond acceptors (Lipinski definition) is 2. The van der Waals surface area contributed by atoms with Crippen molar-refractivity contribution in [1.29, 1.82) is 0 Å². The van der Waals surface area contributed by atoms with Gasteiger partial charge in [-0.1, -0.05) is 38.8 Å². The van der Waals surface area contributed by atoms with Gasteiger partial charge in [-0.25, -0.2) is 0 Å². The van der Waals surface area contributed by atoms with Gasteiger partial charge in [-0.2, -0.15) is 0 Å². The van der Waals surface area contributed by atoms with E-state index in [0.29, 0.717) is 12.1 Å². The van der Waals surface area contributed by atoms with Crippen LogP contribution in [0, 0.1) is 0 Å². The van der Waals surface area contributed by atoms with Gasteiger partial charge in [-0.15, -0.1) is 0 Å². The van der Waals surface area contributed by atoms with Crippen LogP contribution < -0.4 is 5.32 Å². The Balaban J connectivity index is 2.03. The molecule has 0 aliphatic carbocycles. The van der Waals surface area contributed by atoms with Gasteiger partial charge in [0.05, 0.1) is 6.10 Å². The summed E-state index contributed by atoms with van der Waals surface area (Å²) in [5.74, 6) is 0. The van der Waals surface area contributed by atoms with Gasteiger partial charge < -0.3 is 10.1 Å². The zero-order valence-corrected chi connectivity index (χ0v) is 14.5. The van der Waals surface area contributed by atoms with E-state index >= 15 is 0 Å². The van der Waals surface area contributed by atoms with E-state index < -0.39 is 0 Å². The molecule has 2 rings (SSSR count). The topological polar surface area (TPSA) is 21.3 Å². The fourth-order valence-electron chi connectivity index (χ4n) is 2.62. The second kappa shape index (κ2) is 7.77. The Kier molecular flexibility index (Phi) is 6.33. The molecule has 1 aromatic rings. The largest absolute Gasteiger partial charge is 0.378 e. The van der Waals surface area contributed by atoms with Gasteiger partial charge in [0.25, 0.3) is 0 Å². The van der Waals surface area contributed by atoms with Crippen LogP contribution in [0.5, 0.6) is 0 Å². The van der Waals surface area contributed by atoms with E-state index in [9.17, 15) is 0 Å². The second-order valence-corrected chi connectivity index (χ2v) is 6.76. The van der Waals surface area contributed by atoms with E-state index in [1.165, 1.54) is 22.9 Å². The summed E-state index contributed by atoms with van der Waals surface area (Å²) in [6.45, 7) is 4.08. The molecule has 1 N–H and O–H groups in total. The Morgan fingerprint density at radius 3 is 2.95 bits per heavy atom. The molecule has 1 fully saturated rings. The first kappa shape index (κ1) is 15.5. The molecule has 0 spiro atoms. The molecule has 1 saturated heterocycles. The van der Waals surface area contributed by atoms with Crippen molar-refractivity contribution >= 4 is 31.9 Å². The monoisotopic (exact) mass is 389 g/mol. The number of nitrogens with one attached hydrogen (secondary N) is 1. The predicted molar refractivity (Wildman–Crippen MR) is 86.5 cm³/mol. The van der Waals surface area contributed by atoms with Crippen molar-refractivity contribution in [2.45, 2.75) is 44.8 Å². The van der Waals surface area contributed by atoms with Crippen molar-refractivity contribution in [3.63, 3.8) is 0 Å². The van der Waals surface area contributed by atoms with Crippen molar-refractivity contribution in [1.82, 2.24) is 5.32 Å². The van der Waals surface area contributed by atoms with Gasteiger partial charge in [0.1, 0.15) is 0 Å². The molecule has 0 aromatic heterocycles. The molecule has 2 nitrogen and oxygen atoms in total. The first-order chi connectivity index (χ1) is 9.20. The van der Waals surface area contributed by atoms with Crippen molar-refractivity contribution in [3.05, 3.63) is 32.7 Å². The Hall–Kier alpha value is 0.1000. The van der Waals surface area contributed by atoms with Gasteiger partial charge in [-0.05, 0) is 56.0 Å². The first-order valence-electron chi connectivity index (χ1n) is 7.00. The van der Waals surface area contributed by atoms with E-state index in [0.717, 1.165) is 30.5 Å². The number of benzene rings is 1. The Labute approximate surface area is 132 Å². The summed E-state index contributed by atoms with van der Waals surface area (Å²) < 4.78 is 8.03. The minimum absolute atomic E-state index is 0.390. The molecular formula is C15H21Br2NO. The van der Waals surface area contributed by atoms with Crippen LogP contribution in [0.3, 0.4) is 0 Å². The van der Waals surface area contributed by atoms with Crippen molar-refractivity contribution < 1.29 is 4.74 Å². The Bertz CT molecular complexity index is 405. The highest BCUT2D eigenvalue weighted by Gasteiger charge is 2.19. The SMILES string of the molecule is CCNC(CCC1CCCO1)c1cc(Br)ccc1Br. The molecule has 0 radical (unpaired) electrons. The molecule has 0 bridgehead atoms. The van der Waals surface area contributed by atoms with E-state index in [1.807, 2.05) is 0 Å². The predicted octanol–water partition coefficient (Wildman–Crippen LogP) is 4.82.